The van der Waals surface area contributed by atoms with E-state index in [1.54, 1.807) is 6.07 Å². The molecule has 1 aromatic heterocycles. The van der Waals surface area contributed by atoms with E-state index in [1.165, 1.54) is 38.5 Å². The number of methoxy groups -OCH3 is 2. The van der Waals surface area contributed by atoms with E-state index in [0.29, 0.717) is 3.79 Å². The first-order valence-corrected chi connectivity index (χ1v) is 9.01. The second kappa shape index (κ2) is 6.67. The molecule has 22 heavy (non-hydrogen) atoms. The van der Waals surface area contributed by atoms with Crippen LogP contribution in [0.25, 0.3) is 0 Å². The fraction of sp³-hybridized carbons (Fsp3) is 0.154. The number of anilines is 1. The summed E-state index contributed by atoms with van der Waals surface area (Å²) in [6.45, 7) is 0. The lowest BCUT2D eigenvalue weighted by molar-refractivity contribution is 0.0597. The Hall–Kier alpha value is -1.58. The highest BCUT2D eigenvalue weighted by atomic mass is 79.9. The smallest absolute Gasteiger partial charge is 0.341 e. The number of sulfonamides is 1. The van der Waals surface area contributed by atoms with E-state index in [0.717, 1.165) is 11.3 Å². The van der Waals surface area contributed by atoms with Crippen LogP contribution in [0.1, 0.15) is 10.4 Å². The molecule has 0 radical (unpaired) electrons. The lowest BCUT2D eigenvalue weighted by Gasteiger charge is -2.10. The molecule has 2 rings (SSSR count). The first-order valence-electron chi connectivity index (χ1n) is 5.92. The number of hydrogen-bond acceptors (Lipinski definition) is 6. The van der Waals surface area contributed by atoms with Crippen molar-refractivity contribution in [2.45, 2.75) is 4.21 Å². The van der Waals surface area contributed by atoms with Crippen LogP contribution in [0.2, 0.25) is 0 Å². The van der Waals surface area contributed by atoms with Gasteiger partial charge in [0.2, 0.25) is 0 Å². The normalized spacial score (nSPS) is 11.0. The maximum atomic E-state index is 12.2. The number of nitrogens with one attached hydrogen (secondary N) is 1. The molecule has 0 unspecified atom stereocenters. The number of benzene rings is 1. The molecule has 0 aliphatic carbocycles. The molecule has 0 atom stereocenters. The topological polar surface area (TPSA) is 81.7 Å². The number of hydrogen-bond donors (Lipinski definition) is 1. The molecule has 1 aromatic carbocycles. The molecular formula is C13H12BrNO5S2. The summed E-state index contributed by atoms with van der Waals surface area (Å²) < 4.78 is 37.5. The van der Waals surface area contributed by atoms with Crippen LogP contribution in [0.5, 0.6) is 5.75 Å². The summed E-state index contributed by atoms with van der Waals surface area (Å²) in [6, 6.07) is 7.48. The Morgan fingerprint density at radius 1 is 1.23 bits per heavy atom. The highest BCUT2D eigenvalue weighted by Gasteiger charge is 2.19. The van der Waals surface area contributed by atoms with Crippen LogP contribution in [0.3, 0.4) is 0 Å². The van der Waals surface area contributed by atoms with E-state index in [9.17, 15) is 13.2 Å². The van der Waals surface area contributed by atoms with Gasteiger partial charge in [0.15, 0.2) is 0 Å². The van der Waals surface area contributed by atoms with Gasteiger partial charge in [-0.3, -0.25) is 4.72 Å². The molecule has 1 heterocycles. The third-order valence-electron chi connectivity index (χ3n) is 2.67. The Morgan fingerprint density at radius 2 is 1.95 bits per heavy atom. The fourth-order valence-electron chi connectivity index (χ4n) is 1.68. The van der Waals surface area contributed by atoms with E-state index >= 15 is 0 Å². The number of thiophene rings is 1. The van der Waals surface area contributed by atoms with Crippen molar-refractivity contribution in [2.75, 3.05) is 18.9 Å². The monoisotopic (exact) mass is 405 g/mol. The molecule has 0 saturated carbocycles. The highest BCUT2D eigenvalue weighted by molar-refractivity contribution is 9.11. The summed E-state index contributed by atoms with van der Waals surface area (Å²) in [4.78, 5) is 11.6. The van der Waals surface area contributed by atoms with Gasteiger partial charge in [-0.05, 0) is 40.2 Å². The minimum atomic E-state index is -3.69. The van der Waals surface area contributed by atoms with Gasteiger partial charge in [-0.2, -0.15) is 0 Å². The molecule has 0 aliphatic heterocycles. The Morgan fingerprint density at radius 3 is 2.50 bits per heavy atom. The number of ether oxygens (including phenoxy) is 2. The largest absolute Gasteiger partial charge is 0.496 e. The highest BCUT2D eigenvalue weighted by Crippen LogP contribution is 2.29. The lowest BCUT2D eigenvalue weighted by atomic mass is 10.2. The number of rotatable bonds is 5. The fourth-order valence-corrected chi connectivity index (χ4v) is 4.74. The summed E-state index contributed by atoms with van der Waals surface area (Å²) in [7, 11) is -1.05. The number of esters is 1. The van der Waals surface area contributed by atoms with Gasteiger partial charge in [-0.25, -0.2) is 13.2 Å². The van der Waals surface area contributed by atoms with Crippen LogP contribution in [0, 0.1) is 0 Å². The van der Waals surface area contributed by atoms with Crippen molar-refractivity contribution < 1.29 is 22.7 Å². The summed E-state index contributed by atoms with van der Waals surface area (Å²) in [5.74, 6) is -0.340. The van der Waals surface area contributed by atoms with Crippen LogP contribution < -0.4 is 9.46 Å². The van der Waals surface area contributed by atoms with E-state index in [-0.39, 0.29) is 21.2 Å². The summed E-state index contributed by atoms with van der Waals surface area (Å²) in [6.07, 6.45) is 0. The zero-order chi connectivity index (χ0) is 16.3. The minimum absolute atomic E-state index is 0.176. The Labute approximate surface area is 140 Å². The second-order valence-electron chi connectivity index (χ2n) is 4.07. The van der Waals surface area contributed by atoms with Crippen molar-refractivity contribution in [3.05, 3.63) is 39.7 Å². The first-order chi connectivity index (χ1) is 10.4. The number of halogens is 1. The molecule has 9 heteroatoms. The third kappa shape index (κ3) is 3.60. The Bertz CT molecular complexity index is 801. The predicted octanol–water partition coefficient (Wildman–Crippen LogP) is 3.11. The molecule has 0 bridgehead atoms. The van der Waals surface area contributed by atoms with Gasteiger partial charge < -0.3 is 9.47 Å². The van der Waals surface area contributed by atoms with E-state index < -0.39 is 16.0 Å². The molecule has 0 amide bonds. The predicted molar refractivity (Wildman–Crippen MR) is 87.2 cm³/mol. The van der Waals surface area contributed by atoms with Gasteiger partial charge in [0, 0.05) is 6.07 Å². The average Bonchev–Trinajstić information content (AvgIpc) is 2.93. The van der Waals surface area contributed by atoms with Crippen LogP contribution in [-0.4, -0.2) is 28.6 Å². The molecular weight excluding hydrogens is 394 g/mol. The minimum Gasteiger partial charge on any atom is -0.496 e. The summed E-state index contributed by atoms with van der Waals surface area (Å²) >= 11 is 4.32. The molecule has 6 nitrogen and oxygen atoms in total. The quantitative estimate of drug-likeness (QED) is 0.772. The van der Waals surface area contributed by atoms with E-state index in [1.807, 2.05) is 0 Å². The molecule has 0 aliphatic rings. The molecule has 118 valence electrons. The standard InChI is InChI=1S/C13H12BrNO5S2/c1-19-10-7-8(3-4-9(10)13(16)20-2)15-22(17,18)12-6-5-11(14)21-12/h3-7,15H,1-2H3. The molecule has 0 saturated heterocycles. The van der Waals surface area contributed by atoms with Gasteiger partial charge in [0.1, 0.15) is 15.5 Å². The van der Waals surface area contributed by atoms with Crippen LogP contribution >= 0.6 is 27.3 Å². The number of carbonyl (C=O) groups excluding carboxylic acids is 1. The molecule has 2 aromatic rings. The van der Waals surface area contributed by atoms with Crippen LogP contribution in [-0.2, 0) is 14.8 Å². The maximum Gasteiger partial charge on any atom is 0.341 e. The Kier molecular flexibility index (Phi) is 5.09. The van der Waals surface area contributed by atoms with Gasteiger partial charge in [-0.15, -0.1) is 11.3 Å². The third-order valence-corrected chi connectivity index (χ3v) is 6.17. The maximum absolute atomic E-state index is 12.2. The van der Waals surface area contributed by atoms with Crippen molar-refractivity contribution in [3.8, 4) is 5.75 Å². The van der Waals surface area contributed by atoms with E-state index in [2.05, 4.69) is 25.4 Å². The van der Waals surface area contributed by atoms with Crippen LogP contribution in [0.4, 0.5) is 5.69 Å². The first kappa shape index (κ1) is 16.8. The van der Waals surface area contributed by atoms with Crippen molar-refractivity contribution in [1.82, 2.24) is 0 Å². The summed E-state index contributed by atoms with van der Waals surface area (Å²) in [5, 5.41) is 0. The number of carbonyl (C=O) groups is 1. The van der Waals surface area contributed by atoms with Crippen molar-refractivity contribution >= 4 is 48.9 Å². The molecule has 0 fully saturated rings. The SMILES string of the molecule is COC(=O)c1ccc(NS(=O)(=O)c2ccc(Br)s2)cc1OC. The molecule has 1 N–H and O–H groups in total. The zero-order valence-electron chi connectivity index (χ0n) is 11.6. The second-order valence-corrected chi connectivity index (χ2v) is 8.44. The lowest BCUT2D eigenvalue weighted by Crippen LogP contribution is -2.12. The van der Waals surface area contributed by atoms with Gasteiger partial charge in [-0.1, -0.05) is 0 Å². The van der Waals surface area contributed by atoms with Gasteiger partial charge in [0.05, 0.1) is 23.7 Å². The van der Waals surface area contributed by atoms with Crippen molar-refractivity contribution in [1.29, 1.82) is 0 Å². The van der Waals surface area contributed by atoms with Gasteiger partial charge >= 0.3 is 5.97 Å². The van der Waals surface area contributed by atoms with E-state index in [4.69, 9.17) is 4.74 Å². The van der Waals surface area contributed by atoms with Crippen LogP contribution in [0.15, 0.2) is 38.3 Å². The van der Waals surface area contributed by atoms with Gasteiger partial charge in [0.25, 0.3) is 10.0 Å². The Balaban J connectivity index is 2.32. The zero-order valence-corrected chi connectivity index (χ0v) is 14.8. The average molecular weight is 406 g/mol. The molecule has 0 spiro atoms. The van der Waals surface area contributed by atoms with Crippen molar-refractivity contribution in [2.24, 2.45) is 0 Å². The van der Waals surface area contributed by atoms with Crippen molar-refractivity contribution in [3.63, 3.8) is 0 Å². The summed E-state index contributed by atoms with van der Waals surface area (Å²) in [5.41, 5.74) is 0.501.